The van der Waals surface area contributed by atoms with E-state index in [1.807, 2.05) is 0 Å². The summed E-state index contributed by atoms with van der Waals surface area (Å²) >= 11 is 0. The lowest BCUT2D eigenvalue weighted by Crippen LogP contribution is -2.46. The highest BCUT2D eigenvalue weighted by Gasteiger charge is 2.33. The summed E-state index contributed by atoms with van der Waals surface area (Å²) in [5, 5.41) is 0. The van der Waals surface area contributed by atoms with Crippen molar-refractivity contribution < 1.29 is 0 Å². The van der Waals surface area contributed by atoms with Crippen LogP contribution in [0.3, 0.4) is 0 Å². The summed E-state index contributed by atoms with van der Waals surface area (Å²) in [6.07, 6.45) is 4.84. The molecule has 1 aromatic rings. The van der Waals surface area contributed by atoms with Crippen LogP contribution < -0.4 is 5.73 Å². The number of hydrogen-bond donors (Lipinski definition) is 1. The SMILES string of the molecule is Cc1ccc2c(c1)C(N1CCC(N)CC1C)CC2. The molecule has 0 amide bonds. The van der Waals surface area contributed by atoms with Crippen LogP contribution in [-0.2, 0) is 6.42 Å². The number of hydrogen-bond acceptors (Lipinski definition) is 2. The van der Waals surface area contributed by atoms with E-state index < -0.39 is 0 Å². The number of nitrogens with zero attached hydrogens (tertiary/aromatic N) is 1. The maximum absolute atomic E-state index is 6.08. The summed E-state index contributed by atoms with van der Waals surface area (Å²) in [6, 6.07) is 8.65. The standard InChI is InChI=1S/C16H24N2/c1-11-3-4-13-5-6-16(15(13)9-11)18-8-7-14(17)10-12(18)2/h3-4,9,12,14,16H,5-8,10,17H2,1-2H3. The van der Waals surface area contributed by atoms with Crippen LogP contribution in [0.25, 0.3) is 0 Å². The molecule has 1 aliphatic carbocycles. The molecule has 0 spiro atoms. The van der Waals surface area contributed by atoms with E-state index in [4.69, 9.17) is 5.73 Å². The van der Waals surface area contributed by atoms with Crippen molar-refractivity contribution in [3.63, 3.8) is 0 Å². The minimum absolute atomic E-state index is 0.412. The van der Waals surface area contributed by atoms with Crippen LogP contribution in [0.15, 0.2) is 18.2 Å². The molecule has 1 aromatic carbocycles. The second-order valence-electron chi connectivity index (χ2n) is 6.13. The van der Waals surface area contributed by atoms with Gasteiger partial charge in [-0.15, -0.1) is 0 Å². The number of rotatable bonds is 1. The zero-order chi connectivity index (χ0) is 12.7. The van der Waals surface area contributed by atoms with E-state index in [-0.39, 0.29) is 0 Å². The molecule has 1 aliphatic heterocycles. The van der Waals surface area contributed by atoms with Crippen molar-refractivity contribution in [1.29, 1.82) is 0 Å². The topological polar surface area (TPSA) is 29.3 Å². The van der Waals surface area contributed by atoms with Crippen molar-refractivity contribution in [2.45, 2.75) is 57.7 Å². The molecule has 0 saturated carbocycles. The fourth-order valence-electron chi connectivity index (χ4n) is 3.73. The minimum atomic E-state index is 0.412. The Bertz CT molecular complexity index is 441. The van der Waals surface area contributed by atoms with Gasteiger partial charge in [0.2, 0.25) is 0 Å². The van der Waals surface area contributed by atoms with E-state index in [0.717, 1.165) is 12.8 Å². The quantitative estimate of drug-likeness (QED) is 0.823. The maximum Gasteiger partial charge on any atom is 0.0356 e. The van der Waals surface area contributed by atoms with E-state index in [2.05, 4.69) is 36.9 Å². The van der Waals surface area contributed by atoms with Gasteiger partial charge in [-0.2, -0.15) is 0 Å². The molecule has 3 rings (SSSR count). The smallest absolute Gasteiger partial charge is 0.0356 e. The Morgan fingerprint density at radius 1 is 1.28 bits per heavy atom. The van der Waals surface area contributed by atoms with Crippen LogP contribution in [0, 0.1) is 6.92 Å². The van der Waals surface area contributed by atoms with Crippen molar-refractivity contribution in [1.82, 2.24) is 4.90 Å². The van der Waals surface area contributed by atoms with Gasteiger partial charge in [0.25, 0.3) is 0 Å². The van der Waals surface area contributed by atoms with Gasteiger partial charge in [-0.05, 0) is 50.7 Å². The first-order chi connectivity index (χ1) is 8.65. The Morgan fingerprint density at radius 2 is 2.11 bits per heavy atom. The number of piperidine rings is 1. The molecule has 1 fully saturated rings. The Hall–Kier alpha value is -0.860. The summed E-state index contributed by atoms with van der Waals surface area (Å²) in [4.78, 5) is 2.69. The largest absolute Gasteiger partial charge is 0.328 e. The summed E-state index contributed by atoms with van der Waals surface area (Å²) in [6.45, 7) is 5.71. The van der Waals surface area contributed by atoms with Gasteiger partial charge < -0.3 is 5.73 Å². The second-order valence-corrected chi connectivity index (χ2v) is 6.13. The Balaban J connectivity index is 1.85. The van der Waals surface area contributed by atoms with Gasteiger partial charge in [0.15, 0.2) is 0 Å². The van der Waals surface area contributed by atoms with Crippen LogP contribution in [0.4, 0.5) is 0 Å². The summed E-state index contributed by atoms with van der Waals surface area (Å²) in [5.74, 6) is 0. The molecule has 0 bridgehead atoms. The highest BCUT2D eigenvalue weighted by atomic mass is 15.2. The van der Waals surface area contributed by atoms with Crippen molar-refractivity contribution >= 4 is 0 Å². The molecule has 2 nitrogen and oxygen atoms in total. The summed E-state index contributed by atoms with van der Waals surface area (Å²) < 4.78 is 0. The van der Waals surface area contributed by atoms with Crippen LogP contribution in [-0.4, -0.2) is 23.5 Å². The normalized spacial score (nSPS) is 32.5. The lowest BCUT2D eigenvalue weighted by Gasteiger charge is -2.40. The first-order valence-corrected chi connectivity index (χ1v) is 7.26. The zero-order valence-corrected chi connectivity index (χ0v) is 11.5. The molecular weight excluding hydrogens is 220 g/mol. The number of likely N-dealkylation sites (tertiary alicyclic amines) is 1. The Morgan fingerprint density at radius 3 is 2.89 bits per heavy atom. The monoisotopic (exact) mass is 244 g/mol. The molecule has 3 atom stereocenters. The number of nitrogens with two attached hydrogens (primary N) is 1. The maximum atomic E-state index is 6.08. The van der Waals surface area contributed by atoms with Gasteiger partial charge in [0.05, 0.1) is 0 Å². The van der Waals surface area contributed by atoms with E-state index in [9.17, 15) is 0 Å². The van der Waals surface area contributed by atoms with Gasteiger partial charge in [-0.3, -0.25) is 4.90 Å². The minimum Gasteiger partial charge on any atom is -0.328 e. The second kappa shape index (κ2) is 4.67. The molecule has 2 aliphatic rings. The summed E-state index contributed by atoms with van der Waals surface area (Å²) in [5.41, 5.74) is 10.6. The lowest BCUT2D eigenvalue weighted by molar-refractivity contribution is 0.0957. The van der Waals surface area contributed by atoms with E-state index in [0.29, 0.717) is 18.1 Å². The first-order valence-electron chi connectivity index (χ1n) is 7.26. The first kappa shape index (κ1) is 12.2. The molecule has 18 heavy (non-hydrogen) atoms. The van der Waals surface area contributed by atoms with Crippen LogP contribution in [0.5, 0.6) is 0 Å². The van der Waals surface area contributed by atoms with Gasteiger partial charge in [0.1, 0.15) is 0 Å². The number of aryl methyl sites for hydroxylation is 2. The average Bonchev–Trinajstić information content (AvgIpc) is 2.72. The van der Waals surface area contributed by atoms with Crippen molar-refractivity contribution in [2.24, 2.45) is 5.73 Å². The lowest BCUT2D eigenvalue weighted by atomic mass is 9.95. The van der Waals surface area contributed by atoms with E-state index >= 15 is 0 Å². The number of benzene rings is 1. The van der Waals surface area contributed by atoms with E-state index in [1.165, 1.54) is 24.9 Å². The molecule has 2 N–H and O–H groups in total. The molecule has 0 aromatic heterocycles. The van der Waals surface area contributed by atoms with Gasteiger partial charge in [0, 0.05) is 24.7 Å². The van der Waals surface area contributed by atoms with Gasteiger partial charge in [-0.25, -0.2) is 0 Å². The van der Waals surface area contributed by atoms with Gasteiger partial charge in [-0.1, -0.05) is 23.8 Å². The molecule has 1 heterocycles. The number of fused-ring (bicyclic) bond motifs is 1. The van der Waals surface area contributed by atoms with Gasteiger partial charge >= 0.3 is 0 Å². The molecule has 2 heteroatoms. The Kier molecular flexibility index (Phi) is 3.16. The third kappa shape index (κ3) is 2.08. The molecular formula is C16H24N2. The molecule has 3 unspecified atom stereocenters. The molecule has 98 valence electrons. The van der Waals surface area contributed by atoms with Crippen LogP contribution in [0.2, 0.25) is 0 Å². The molecule has 1 saturated heterocycles. The van der Waals surface area contributed by atoms with Crippen molar-refractivity contribution in [3.05, 3.63) is 34.9 Å². The fraction of sp³-hybridized carbons (Fsp3) is 0.625. The third-order valence-corrected chi connectivity index (χ3v) is 4.72. The van der Waals surface area contributed by atoms with Crippen LogP contribution >= 0.6 is 0 Å². The zero-order valence-electron chi connectivity index (χ0n) is 11.5. The highest BCUT2D eigenvalue weighted by molar-refractivity contribution is 5.37. The van der Waals surface area contributed by atoms with Crippen LogP contribution in [0.1, 0.15) is 48.9 Å². The van der Waals surface area contributed by atoms with Crippen molar-refractivity contribution in [3.8, 4) is 0 Å². The van der Waals surface area contributed by atoms with Crippen molar-refractivity contribution in [2.75, 3.05) is 6.54 Å². The average molecular weight is 244 g/mol. The highest BCUT2D eigenvalue weighted by Crippen LogP contribution is 2.39. The fourth-order valence-corrected chi connectivity index (χ4v) is 3.73. The predicted molar refractivity (Wildman–Crippen MR) is 75.6 cm³/mol. The Labute approximate surface area is 110 Å². The predicted octanol–water partition coefficient (Wildman–Crippen LogP) is 2.79. The third-order valence-electron chi connectivity index (χ3n) is 4.72. The molecule has 0 radical (unpaired) electrons. The summed E-state index contributed by atoms with van der Waals surface area (Å²) in [7, 11) is 0. The van der Waals surface area contributed by atoms with E-state index in [1.54, 1.807) is 11.1 Å².